The molecule has 1 aliphatic carbocycles. The van der Waals surface area contributed by atoms with Crippen LogP contribution >= 0.6 is 15.9 Å². The molecule has 3 heteroatoms. The molecule has 0 aliphatic heterocycles. The smallest absolute Gasteiger partial charge is 0.236 e. The van der Waals surface area contributed by atoms with E-state index in [9.17, 15) is 4.79 Å². The molecule has 2 unspecified atom stereocenters. The molecule has 0 bridgehead atoms. The summed E-state index contributed by atoms with van der Waals surface area (Å²) in [5.74, 6) is 1.57. The molecule has 1 N–H and O–H groups in total. The van der Waals surface area contributed by atoms with Gasteiger partial charge in [-0.25, -0.2) is 0 Å². The minimum absolute atomic E-state index is 0.105. The van der Waals surface area contributed by atoms with Crippen LogP contribution in [0.1, 0.15) is 47.0 Å². The summed E-state index contributed by atoms with van der Waals surface area (Å²) in [6.07, 6.45) is 3.54. The highest BCUT2D eigenvalue weighted by atomic mass is 79.9. The highest BCUT2D eigenvalue weighted by Crippen LogP contribution is 2.29. The third-order valence-corrected chi connectivity index (χ3v) is 3.41. The Balaban J connectivity index is 2.48. The normalized spacial score (nSPS) is 32.5. The van der Waals surface area contributed by atoms with Gasteiger partial charge in [-0.2, -0.15) is 0 Å². The average molecular weight is 276 g/mol. The second kappa shape index (κ2) is 4.86. The summed E-state index contributed by atoms with van der Waals surface area (Å²) in [6, 6.07) is 0.369. The molecule has 15 heavy (non-hydrogen) atoms. The number of carbonyl (C=O) groups is 1. The number of rotatable bonds is 2. The van der Waals surface area contributed by atoms with Crippen LogP contribution in [0.15, 0.2) is 0 Å². The van der Waals surface area contributed by atoms with Crippen LogP contribution < -0.4 is 5.32 Å². The third-order valence-electron chi connectivity index (χ3n) is 3.05. The van der Waals surface area contributed by atoms with Gasteiger partial charge < -0.3 is 5.32 Å². The third kappa shape index (κ3) is 4.13. The first kappa shape index (κ1) is 13.0. The molecular weight excluding hydrogens is 254 g/mol. The molecule has 0 aromatic rings. The molecule has 0 saturated heterocycles. The minimum Gasteiger partial charge on any atom is -0.352 e. The molecule has 1 aliphatic rings. The molecular formula is C12H22BrNO. The molecule has 0 aromatic carbocycles. The molecule has 0 spiro atoms. The summed E-state index contributed by atoms with van der Waals surface area (Å²) in [5, 5.41) is 3.13. The van der Waals surface area contributed by atoms with E-state index < -0.39 is 4.32 Å². The Bertz CT molecular complexity index is 224. The maximum absolute atomic E-state index is 11.8. The monoisotopic (exact) mass is 275 g/mol. The van der Waals surface area contributed by atoms with Crippen molar-refractivity contribution >= 4 is 21.8 Å². The summed E-state index contributed by atoms with van der Waals surface area (Å²) in [7, 11) is 0. The number of carbonyl (C=O) groups excluding carboxylic acids is 1. The Hall–Kier alpha value is -0.0500. The first-order valence-electron chi connectivity index (χ1n) is 5.79. The quantitative estimate of drug-likeness (QED) is 0.771. The van der Waals surface area contributed by atoms with Crippen molar-refractivity contribution in [3.05, 3.63) is 0 Å². The largest absolute Gasteiger partial charge is 0.352 e. The van der Waals surface area contributed by atoms with E-state index in [2.05, 4.69) is 35.1 Å². The van der Waals surface area contributed by atoms with Crippen molar-refractivity contribution in [3.8, 4) is 0 Å². The van der Waals surface area contributed by atoms with E-state index in [4.69, 9.17) is 0 Å². The number of halogens is 1. The van der Waals surface area contributed by atoms with Crippen LogP contribution in [0.4, 0.5) is 0 Å². The average Bonchev–Trinajstić information content (AvgIpc) is 1.99. The summed E-state index contributed by atoms with van der Waals surface area (Å²) in [5.41, 5.74) is 0. The van der Waals surface area contributed by atoms with E-state index in [1.165, 1.54) is 6.42 Å². The molecule has 0 aromatic heterocycles. The summed E-state index contributed by atoms with van der Waals surface area (Å²) >= 11 is 3.39. The SMILES string of the molecule is CC1CC(C)CC(NC(=O)C(C)(C)Br)C1. The van der Waals surface area contributed by atoms with Crippen LogP contribution in [0.5, 0.6) is 0 Å². The van der Waals surface area contributed by atoms with Gasteiger partial charge >= 0.3 is 0 Å². The van der Waals surface area contributed by atoms with Crippen LogP contribution in [0.3, 0.4) is 0 Å². The van der Waals surface area contributed by atoms with Crippen LogP contribution in [-0.4, -0.2) is 16.3 Å². The second-order valence-corrected chi connectivity index (χ2v) is 7.54. The van der Waals surface area contributed by atoms with E-state index in [0.29, 0.717) is 6.04 Å². The van der Waals surface area contributed by atoms with Crippen molar-refractivity contribution < 1.29 is 4.79 Å². The zero-order valence-electron chi connectivity index (χ0n) is 10.1. The molecule has 1 fully saturated rings. The zero-order chi connectivity index (χ0) is 11.6. The molecule has 88 valence electrons. The van der Waals surface area contributed by atoms with Gasteiger partial charge in [-0.15, -0.1) is 0 Å². The Kier molecular flexibility index (Phi) is 4.21. The van der Waals surface area contributed by atoms with E-state index in [1.807, 2.05) is 13.8 Å². The summed E-state index contributed by atoms with van der Waals surface area (Å²) in [4.78, 5) is 11.8. The predicted molar refractivity (Wildman–Crippen MR) is 67.1 cm³/mol. The van der Waals surface area contributed by atoms with E-state index in [1.54, 1.807) is 0 Å². The Morgan fingerprint density at radius 2 is 1.67 bits per heavy atom. The van der Waals surface area contributed by atoms with E-state index in [-0.39, 0.29) is 5.91 Å². The van der Waals surface area contributed by atoms with Crippen molar-refractivity contribution in [1.82, 2.24) is 5.32 Å². The number of amides is 1. The molecule has 2 nitrogen and oxygen atoms in total. The van der Waals surface area contributed by atoms with Crippen molar-refractivity contribution in [1.29, 1.82) is 0 Å². The van der Waals surface area contributed by atoms with Crippen LogP contribution in [0.25, 0.3) is 0 Å². The number of nitrogens with one attached hydrogen (secondary N) is 1. The fraction of sp³-hybridized carbons (Fsp3) is 0.917. The van der Waals surface area contributed by atoms with Gasteiger partial charge in [-0.3, -0.25) is 4.79 Å². The lowest BCUT2D eigenvalue weighted by Crippen LogP contribution is -2.46. The van der Waals surface area contributed by atoms with Gasteiger partial charge in [-0.1, -0.05) is 29.8 Å². The first-order valence-corrected chi connectivity index (χ1v) is 6.58. The lowest BCUT2D eigenvalue weighted by Gasteiger charge is -2.33. The fourth-order valence-electron chi connectivity index (χ4n) is 2.42. The highest BCUT2D eigenvalue weighted by molar-refractivity contribution is 9.10. The minimum atomic E-state index is -0.447. The standard InChI is InChI=1S/C12H22BrNO/c1-8-5-9(2)7-10(6-8)14-11(15)12(3,4)13/h8-10H,5-7H2,1-4H3,(H,14,15). The molecule has 2 atom stereocenters. The van der Waals surface area contributed by atoms with Gasteiger partial charge in [0, 0.05) is 6.04 Å². The highest BCUT2D eigenvalue weighted by Gasteiger charge is 2.29. The molecule has 1 amide bonds. The zero-order valence-corrected chi connectivity index (χ0v) is 11.7. The maximum atomic E-state index is 11.8. The van der Waals surface area contributed by atoms with Crippen molar-refractivity contribution in [3.63, 3.8) is 0 Å². The van der Waals surface area contributed by atoms with E-state index >= 15 is 0 Å². The second-order valence-electron chi connectivity index (χ2n) is 5.56. The Morgan fingerprint density at radius 1 is 1.20 bits per heavy atom. The molecule has 1 rings (SSSR count). The van der Waals surface area contributed by atoms with Crippen LogP contribution in [0.2, 0.25) is 0 Å². The first-order chi connectivity index (χ1) is 6.79. The van der Waals surface area contributed by atoms with Crippen LogP contribution in [-0.2, 0) is 4.79 Å². The topological polar surface area (TPSA) is 29.1 Å². The van der Waals surface area contributed by atoms with Crippen molar-refractivity contribution in [2.24, 2.45) is 11.8 Å². The van der Waals surface area contributed by atoms with Gasteiger partial charge in [0.2, 0.25) is 5.91 Å². The van der Waals surface area contributed by atoms with Crippen molar-refractivity contribution in [2.45, 2.75) is 57.3 Å². The van der Waals surface area contributed by atoms with Crippen molar-refractivity contribution in [2.75, 3.05) is 0 Å². The predicted octanol–water partition coefficient (Wildman–Crippen LogP) is 3.10. The summed E-state index contributed by atoms with van der Waals surface area (Å²) in [6.45, 7) is 8.32. The lowest BCUT2D eigenvalue weighted by atomic mass is 9.80. The van der Waals surface area contributed by atoms with Gasteiger partial charge in [-0.05, 0) is 44.9 Å². The number of hydrogen-bond acceptors (Lipinski definition) is 1. The molecule has 0 radical (unpaired) electrons. The van der Waals surface area contributed by atoms with Gasteiger partial charge in [0.15, 0.2) is 0 Å². The summed E-state index contributed by atoms with van der Waals surface area (Å²) < 4.78 is -0.447. The van der Waals surface area contributed by atoms with E-state index in [0.717, 1.165) is 24.7 Å². The number of alkyl halides is 1. The maximum Gasteiger partial charge on any atom is 0.236 e. The van der Waals surface area contributed by atoms with Gasteiger partial charge in [0.25, 0.3) is 0 Å². The van der Waals surface area contributed by atoms with Crippen LogP contribution in [0, 0.1) is 11.8 Å². The number of hydrogen-bond donors (Lipinski definition) is 1. The molecule has 0 heterocycles. The fourth-order valence-corrected chi connectivity index (χ4v) is 2.54. The molecule has 1 saturated carbocycles. The lowest BCUT2D eigenvalue weighted by molar-refractivity contribution is -0.123. The Labute approximate surface area is 101 Å². The van der Waals surface area contributed by atoms with Gasteiger partial charge in [0.05, 0.1) is 4.32 Å². The van der Waals surface area contributed by atoms with Gasteiger partial charge in [0.1, 0.15) is 0 Å². The Morgan fingerprint density at radius 3 is 2.07 bits per heavy atom.